The number of aryl methyl sites for hydroxylation is 1. The maximum atomic E-state index is 6.16. The van der Waals surface area contributed by atoms with Crippen molar-refractivity contribution in [3.8, 4) is 0 Å². The third-order valence-electron chi connectivity index (χ3n) is 2.35. The van der Waals surface area contributed by atoms with Crippen LogP contribution < -0.4 is 0 Å². The topological polar surface area (TPSA) is 0 Å². The van der Waals surface area contributed by atoms with Gasteiger partial charge in [0.2, 0.25) is 0 Å². The van der Waals surface area contributed by atoms with E-state index in [9.17, 15) is 0 Å². The molecule has 0 aromatic heterocycles. The Bertz CT molecular complexity index is 294. The highest BCUT2D eigenvalue weighted by molar-refractivity contribution is 6.30. The number of hydrogen-bond acceptors (Lipinski definition) is 0. The molecule has 64 valence electrons. The van der Waals surface area contributed by atoms with Gasteiger partial charge in [-0.1, -0.05) is 17.7 Å². The van der Waals surface area contributed by atoms with Crippen molar-refractivity contribution >= 4 is 23.2 Å². The van der Waals surface area contributed by atoms with Gasteiger partial charge in [-0.2, -0.15) is 0 Å². The van der Waals surface area contributed by atoms with Gasteiger partial charge in [-0.15, -0.1) is 11.6 Å². The van der Waals surface area contributed by atoms with Crippen LogP contribution in [0.4, 0.5) is 0 Å². The van der Waals surface area contributed by atoms with Crippen molar-refractivity contribution in [1.82, 2.24) is 0 Å². The summed E-state index contributed by atoms with van der Waals surface area (Å²) in [5.74, 6) is 0. The highest BCUT2D eigenvalue weighted by Gasteiger charge is 2.17. The van der Waals surface area contributed by atoms with Gasteiger partial charge in [0.15, 0.2) is 0 Å². The second-order valence-corrected chi connectivity index (χ2v) is 4.17. The van der Waals surface area contributed by atoms with Crippen LogP contribution >= 0.6 is 23.2 Å². The van der Waals surface area contributed by atoms with E-state index in [0.29, 0.717) is 0 Å². The van der Waals surface area contributed by atoms with E-state index in [4.69, 9.17) is 23.2 Å². The molecule has 0 nitrogen and oxygen atoms in total. The number of fused-ring (bicyclic) bond motifs is 1. The van der Waals surface area contributed by atoms with Gasteiger partial charge in [0, 0.05) is 5.02 Å². The fourth-order valence-corrected chi connectivity index (χ4v) is 2.25. The zero-order valence-corrected chi connectivity index (χ0v) is 8.20. The molecule has 0 heterocycles. The van der Waals surface area contributed by atoms with Crippen molar-refractivity contribution in [2.75, 3.05) is 0 Å². The number of benzene rings is 1. The Kier molecular flexibility index (Phi) is 2.29. The molecule has 0 unspecified atom stereocenters. The van der Waals surface area contributed by atoms with Gasteiger partial charge < -0.3 is 0 Å². The van der Waals surface area contributed by atoms with Crippen molar-refractivity contribution in [3.63, 3.8) is 0 Å². The molecule has 2 rings (SSSR count). The smallest absolute Gasteiger partial charge is 0.0588 e. The van der Waals surface area contributed by atoms with Crippen molar-refractivity contribution in [2.24, 2.45) is 0 Å². The third kappa shape index (κ3) is 1.46. The van der Waals surface area contributed by atoms with Crippen LogP contribution in [0.15, 0.2) is 18.2 Å². The Labute approximate surface area is 82.5 Å². The lowest BCUT2D eigenvalue weighted by molar-refractivity contribution is 0.667. The van der Waals surface area contributed by atoms with Crippen LogP contribution in [-0.2, 0) is 6.42 Å². The van der Waals surface area contributed by atoms with Gasteiger partial charge >= 0.3 is 0 Å². The van der Waals surface area contributed by atoms with E-state index < -0.39 is 0 Å². The number of halogens is 2. The summed E-state index contributed by atoms with van der Waals surface area (Å²) < 4.78 is 0. The molecule has 1 atom stereocenters. The van der Waals surface area contributed by atoms with E-state index in [0.717, 1.165) is 17.9 Å². The first-order chi connectivity index (χ1) is 5.77. The summed E-state index contributed by atoms with van der Waals surface area (Å²) in [4.78, 5) is 0. The van der Waals surface area contributed by atoms with Crippen LogP contribution in [0.5, 0.6) is 0 Å². The lowest BCUT2D eigenvalue weighted by Gasteiger charge is -2.20. The molecule has 1 aromatic rings. The van der Waals surface area contributed by atoms with Gasteiger partial charge in [-0.25, -0.2) is 0 Å². The van der Waals surface area contributed by atoms with E-state index in [2.05, 4.69) is 6.07 Å². The first-order valence-corrected chi connectivity index (χ1v) is 5.01. The molecule has 0 aliphatic heterocycles. The molecule has 0 saturated carbocycles. The summed E-state index contributed by atoms with van der Waals surface area (Å²) >= 11 is 12.0. The summed E-state index contributed by atoms with van der Waals surface area (Å²) in [5, 5.41) is 0.966. The predicted molar refractivity (Wildman–Crippen MR) is 53.0 cm³/mol. The highest BCUT2D eigenvalue weighted by atomic mass is 35.5. The van der Waals surface area contributed by atoms with Gasteiger partial charge in [-0.3, -0.25) is 0 Å². The molecular weight excluding hydrogens is 191 g/mol. The maximum absolute atomic E-state index is 6.16. The van der Waals surface area contributed by atoms with Crippen LogP contribution in [-0.4, -0.2) is 0 Å². The summed E-state index contributed by atoms with van der Waals surface area (Å²) in [5.41, 5.74) is 2.60. The minimum absolute atomic E-state index is 0.174. The molecule has 0 saturated heterocycles. The molecule has 0 radical (unpaired) electrons. The van der Waals surface area contributed by atoms with Crippen LogP contribution in [0.2, 0.25) is 5.02 Å². The SMILES string of the molecule is Clc1ccc2c(c1)[C@@H](Cl)CCC2. The molecule has 2 heteroatoms. The molecule has 0 N–H and O–H groups in total. The van der Waals surface area contributed by atoms with Crippen molar-refractivity contribution in [2.45, 2.75) is 24.6 Å². The third-order valence-corrected chi connectivity index (χ3v) is 3.04. The molecule has 0 spiro atoms. The van der Waals surface area contributed by atoms with Crippen LogP contribution in [0.25, 0.3) is 0 Å². The summed E-state index contributed by atoms with van der Waals surface area (Å²) in [6, 6.07) is 6.02. The van der Waals surface area contributed by atoms with E-state index in [1.807, 2.05) is 12.1 Å². The monoisotopic (exact) mass is 200 g/mol. The zero-order valence-electron chi connectivity index (χ0n) is 6.69. The summed E-state index contributed by atoms with van der Waals surface area (Å²) in [6.07, 6.45) is 3.42. The minimum atomic E-state index is 0.174. The van der Waals surface area contributed by atoms with E-state index in [1.165, 1.54) is 17.5 Å². The maximum Gasteiger partial charge on any atom is 0.0588 e. The minimum Gasteiger partial charge on any atom is -0.118 e. The Morgan fingerprint density at radius 3 is 3.00 bits per heavy atom. The van der Waals surface area contributed by atoms with Gasteiger partial charge in [0.05, 0.1) is 5.38 Å². The summed E-state index contributed by atoms with van der Waals surface area (Å²) in [6.45, 7) is 0. The second-order valence-electron chi connectivity index (χ2n) is 3.20. The molecule has 1 aromatic carbocycles. The molecular formula is C10H10Cl2. The Hall–Kier alpha value is -0.200. The van der Waals surface area contributed by atoms with Crippen molar-refractivity contribution in [1.29, 1.82) is 0 Å². The molecule has 0 amide bonds. The fraction of sp³-hybridized carbons (Fsp3) is 0.400. The Morgan fingerprint density at radius 2 is 2.17 bits per heavy atom. The van der Waals surface area contributed by atoms with Crippen LogP contribution in [0.3, 0.4) is 0 Å². The first kappa shape index (κ1) is 8.40. The van der Waals surface area contributed by atoms with Crippen molar-refractivity contribution in [3.05, 3.63) is 34.3 Å². The molecule has 0 fully saturated rings. The van der Waals surface area contributed by atoms with Crippen LogP contribution in [0, 0.1) is 0 Å². The lowest BCUT2D eigenvalue weighted by Crippen LogP contribution is -2.04. The summed E-state index contributed by atoms with van der Waals surface area (Å²) in [7, 11) is 0. The Morgan fingerprint density at radius 1 is 1.33 bits per heavy atom. The average Bonchev–Trinajstić information content (AvgIpc) is 2.07. The van der Waals surface area contributed by atoms with Crippen LogP contribution in [0.1, 0.15) is 29.3 Å². The molecule has 1 aliphatic rings. The van der Waals surface area contributed by atoms with Gasteiger partial charge in [-0.05, 0) is 42.5 Å². The van der Waals surface area contributed by atoms with Crippen molar-refractivity contribution < 1.29 is 0 Å². The lowest BCUT2D eigenvalue weighted by atomic mass is 9.91. The number of hydrogen-bond donors (Lipinski definition) is 0. The zero-order chi connectivity index (χ0) is 8.55. The second kappa shape index (κ2) is 3.27. The predicted octanol–water partition coefficient (Wildman–Crippen LogP) is 3.96. The number of alkyl halides is 1. The largest absolute Gasteiger partial charge is 0.118 e. The average molecular weight is 201 g/mol. The quantitative estimate of drug-likeness (QED) is 0.557. The normalized spacial score (nSPS) is 22.0. The molecule has 1 aliphatic carbocycles. The first-order valence-electron chi connectivity index (χ1n) is 4.20. The van der Waals surface area contributed by atoms with Gasteiger partial charge in [0.25, 0.3) is 0 Å². The highest BCUT2D eigenvalue weighted by Crippen LogP contribution is 2.35. The molecule has 12 heavy (non-hydrogen) atoms. The van der Waals surface area contributed by atoms with E-state index in [1.54, 1.807) is 0 Å². The van der Waals surface area contributed by atoms with E-state index >= 15 is 0 Å². The molecule has 0 bridgehead atoms. The Balaban J connectivity index is 2.47. The fourth-order valence-electron chi connectivity index (χ4n) is 1.71. The number of rotatable bonds is 0. The van der Waals surface area contributed by atoms with E-state index in [-0.39, 0.29) is 5.38 Å². The standard InChI is InChI=1S/C10H10Cl2/c11-8-5-4-7-2-1-3-10(12)9(7)6-8/h4-6,10H,1-3H2/t10-/m0/s1. The van der Waals surface area contributed by atoms with Gasteiger partial charge in [0.1, 0.15) is 0 Å².